The smallest absolute Gasteiger partial charge is 0.322 e. The van der Waals surface area contributed by atoms with Gasteiger partial charge in [-0.3, -0.25) is 19.3 Å². The molecule has 1 aromatic carbocycles. The first-order valence-corrected chi connectivity index (χ1v) is 12.5. The van der Waals surface area contributed by atoms with Gasteiger partial charge in [0.15, 0.2) is 0 Å². The number of carbonyl (C=O) groups is 3. The van der Waals surface area contributed by atoms with Crippen molar-refractivity contribution in [2.75, 3.05) is 19.6 Å². The highest BCUT2D eigenvalue weighted by Crippen LogP contribution is 2.27. The molecular weight excluding hydrogens is 464 g/mol. The fourth-order valence-electron chi connectivity index (χ4n) is 4.83. The largest absolute Gasteiger partial charge is 0.480 e. The minimum atomic E-state index is -0.960. The zero-order chi connectivity index (χ0) is 25.8. The van der Waals surface area contributed by atoms with Crippen molar-refractivity contribution in [3.63, 3.8) is 0 Å². The molecule has 2 aromatic rings. The molecule has 10 heteroatoms. The van der Waals surface area contributed by atoms with Gasteiger partial charge in [0.25, 0.3) is 0 Å². The molecular formula is C26H34N4O6. The predicted molar refractivity (Wildman–Crippen MR) is 131 cm³/mol. The maximum absolute atomic E-state index is 12.2. The van der Waals surface area contributed by atoms with Crippen molar-refractivity contribution in [2.45, 2.75) is 64.8 Å². The Labute approximate surface area is 210 Å². The van der Waals surface area contributed by atoms with E-state index in [-0.39, 0.29) is 18.5 Å². The SMILES string of the molecule is CC(OC(=O)CN[C@H]1CCN([C@@H](Cc2ncn3c2CCc2ccccc2-3)C(=O)O)C1)OC(=O)C(C)C. The Morgan fingerprint density at radius 1 is 1.17 bits per heavy atom. The normalized spacial score (nSPS) is 18.8. The van der Waals surface area contributed by atoms with Crippen LogP contribution in [-0.2, 0) is 43.1 Å². The van der Waals surface area contributed by atoms with E-state index in [1.807, 2.05) is 17.0 Å². The summed E-state index contributed by atoms with van der Waals surface area (Å²) in [7, 11) is 0. The Balaban J connectivity index is 1.31. The maximum Gasteiger partial charge on any atom is 0.322 e. The highest BCUT2D eigenvalue weighted by molar-refractivity contribution is 5.74. The summed E-state index contributed by atoms with van der Waals surface area (Å²) in [5, 5.41) is 13.1. The molecule has 2 aliphatic rings. The lowest BCUT2D eigenvalue weighted by molar-refractivity contribution is -0.186. The highest BCUT2D eigenvalue weighted by Gasteiger charge is 2.34. The van der Waals surface area contributed by atoms with Crippen molar-refractivity contribution in [3.8, 4) is 5.69 Å². The summed E-state index contributed by atoms with van der Waals surface area (Å²) >= 11 is 0. The Morgan fingerprint density at radius 3 is 2.69 bits per heavy atom. The summed E-state index contributed by atoms with van der Waals surface area (Å²) in [6.45, 7) is 5.96. The lowest BCUT2D eigenvalue weighted by atomic mass is 9.99. The number of rotatable bonds is 10. The van der Waals surface area contributed by atoms with Gasteiger partial charge in [0, 0.05) is 43.9 Å². The first-order chi connectivity index (χ1) is 17.2. The van der Waals surface area contributed by atoms with Gasteiger partial charge < -0.3 is 24.5 Å². The second-order valence-electron chi connectivity index (χ2n) is 9.71. The number of aromatic nitrogens is 2. The molecule has 1 fully saturated rings. The zero-order valence-corrected chi connectivity index (χ0v) is 21.0. The van der Waals surface area contributed by atoms with E-state index in [9.17, 15) is 19.5 Å². The van der Waals surface area contributed by atoms with Crippen LogP contribution in [0.2, 0.25) is 0 Å². The van der Waals surface area contributed by atoms with Gasteiger partial charge in [-0.15, -0.1) is 0 Å². The van der Waals surface area contributed by atoms with E-state index in [0.717, 1.165) is 29.9 Å². The minimum absolute atomic E-state index is 0.0456. The van der Waals surface area contributed by atoms with E-state index < -0.39 is 30.2 Å². The molecule has 1 aromatic heterocycles. The Morgan fingerprint density at radius 2 is 1.94 bits per heavy atom. The lowest BCUT2D eigenvalue weighted by Crippen LogP contribution is -2.44. The Hall–Kier alpha value is -3.24. The molecule has 0 spiro atoms. The topological polar surface area (TPSA) is 123 Å². The number of carbonyl (C=O) groups excluding carboxylic acids is 2. The molecule has 4 rings (SSSR count). The summed E-state index contributed by atoms with van der Waals surface area (Å²) in [5.41, 5.74) is 4.27. The predicted octanol–water partition coefficient (Wildman–Crippen LogP) is 1.72. The van der Waals surface area contributed by atoms with E-state index in [1.165, 1.54) is 12.5 Å². The average molecular weight is 499 g/mol. The summed E-state index contributed by atoms with van der Waals surface area (Å²) in [6, 6.07) is 7.47. The fraction of sp³-hybridized carbons (Fsp3) is 0.538. The first kappa shape index (κ1) is 25.8. The third kappa shape index (κ3) is 5.93. The number of esters is 2. The molecule has 0 bridgehead atoms. The molecule has 10 nitrogen and oxygen atoms in total. The third-order valence-corrected chi connectivity index (χ3v) is 6.75. The zero-order valence-electron chi connectivity index (χ0n) is 21.0. The number of nitrogens with zero attached hydrogens (tertiary/aromatic N) is 3. The van der Waals surface area contributed by atoms with Gasteiger partial charge in [-0.2, -0.15) is 0 Å². The van der Waals surface area contributed by atoms with Gasteiger partial charge in [-0.25, -0.2) is 4.98 Å². The van der Waals surface area contributed by atoms with Crippen LogP contribution in [0.1, 0.15) is 44.1 Å². The van der Waals surface area contributed by atoms with Gasteiger partial charge in [-0.1, -0.05) is 32.0 Å². The fourth-order valence-corrected chi connectivity index (χ4v) is 4.83. The standard InChI is InChI=1S/C26H34N4O6/c1-16(2)26(34)36-17(3)35-24(31)13-27-19-10-11-29(14-19)23(25(32)33)12-20-22-9-8-18-6-4-5-7-21(18)30(22)15-28-20/h4-7,15-17,19,23,27H,8-14H2,1-3H3,(H,32,33)/t17?,19-,23-/m0/s1. The Kier molecular flexibility index (Phi) is 8.05. The van der Waals surface area contributed by atoms with Gasteiger partial charge in [-0.05, 0) is 30.9 Å². The van der Waals surface area contributed by atoms with Crippen molar-refractivity contribution in [1.29, 1.82) is 0 Å². The molecule has 0 amide bonds. The van der Waals surface area contributed by atoms with Gasteiger partial charge in [0.1, 0.15) is 6.04 Å². The molecule has 3 atom stereocenters. The quantitative estimate of drug-likeness (QED) is 0.372. The summed E-state index contributed by atoms with van der Waals surface area (Å²) < 4.78 is 12.3. The van der Waals surface area contributed by atoms with Crippen LogP contribution in [-0.4, -0.2) is 75.5 Å². The Bertz CT molecular complexity index is 1110. The molecule has 2 N–H and O–H groups in total. The highest BCUT2D eigenvalue weighted by atomic mass is 16.7. The van der Waals surface area contributed by atoms with Crippen LogP contribution < -0.4 is 5.32 Å². The number of fused-ring (bicyclic) bond motifs is 3. The average Bonchev–Trinajstić information content (AvgIpc) is 3.48. The van der Waals surface area contributed by atoms with E-state index in [0.29, 0.717) is 25.9 Å². The number of ether oxygens (including phenoxy) is 2. The molecule has 1 saturated heterocycles. The van der Waals surface area contributed by atoms with Crippen LogP contribution in [0.15, 0.2) is 30.6 Å². The summed E-state index contributed by atoms with van der Waals surface area (Å²) in [4.78, 5) is 42.5. The molecule has 36 heavy (non-hydrogen) atoms. The van der Waals surface area contributed by atoms with E-state index in [1.54, 1.807) is 20.2 Å². The molecule has 1 unspecified atom stereocenters. The van der Waals surface area contributed by atoms with Crippen LogP contribution in [0.25, 0.3) is 5.69 Å². The second-order valence-corrected chi connectivity index (χ2v) is 9.71. The van der Waals surface area contributed by atoms with Crippen molar-refractivity contribution in [1.82, 2.24) is 19.8 Å². The van der Waals surface area contributed by atoms with Crippen LogP contribution >= 0.6 is 0 Å². The monoisotopic (exact) mass is 498 g/mol. The van der Waals surface area contributed by atoms with Crippen molar-refractivity contribution < 1.29 is 29.0 Å². The first-order valence-electron chi connectivity index (χ1n) is 12.5. The van der Waals surface area contributed by atoms with Crippen LogP contribution in [0, 0.1) is 5.92 Å². The number of imidazole rings is 1. The van der Waals surface area contributed by atoms with Gasteiger partial charge >= 0.3 is 17.9 Å². The molecule has 0 radical (unpaired) electrons. The van der Waals surface area contributed by atoms with Crippen molar-refractivity contribution in [3.05, 3.63) is 47.5 Å². The summed E-state index contributed by atoms with van der Waals surface area (Å²) in [5.74, 6) is -2.15. The number of aryl methyl sites for hydroxylation is 1. The molecule has 0 saturated carbocycles. The summed E-state index contributed by atoms with van der Waals surface area (Å²) in [6.07, 6.45) is 3.61. The van der Waals surface area contributed by atoms with E-state index in [2.05, 4.69) is 27.0 Å². The number of carboxylic acids is 1. The second kappa shape index (κ2) is 11.2. The number of carboxylic acid groups (broad SMARTS) is 1. The number of para-hydroxylation sites is 1. The molecule has 2 aliphatic heterocycles. The molecule has 194 valence electrons. The lowest BCUT2D eigenvalue weighted by Gasteiger charge is -2.25. The molecule has 0 aliphatic carbocycles. The van der Waals surface area contributed by atoms with Crippen LogP contribution in [0.3, 0.4) is 0 Å². The van der Waals surface area contributed by atoms with Crippen LogP contribution in [0.5, 0.6) is 0 Å². The number of likely N-dealkylation sites (tertiary alicyclic amines) is 1. The van der Waals surface area contributed by atoms with Crippen LogP contribution in [0.4, 0.5) is 0 Å². The number of nitrogens with one attached hydrogen (secondary N) is 1. The maximum atomic E-state index is 12.2. The number of aliphatic carboxylic acids is 1. The van der Waals surface area contributed by atoms with Gasteiger partial charge in [0.05, 0.1) is 24.5 Å². The van der Waals surface area contributed by atoms with E-state index in [4.69, 9.17) is 9.47 Å². The van der Waals surface area contributed by atoms with Gasteiger partial charge in [0.2, 0.25) is 6.29 Å². The number of benzene rings is 1. The van der Waals surface area contributed by atoms with Crippen molar-refractivity contribution in [2.24, 2.45) is 5.92 Å². The van der Waals surface area contributed by atoms with Crippen molar-refractivity contribution >= 4 is 17.9 Å². The molecule has 3 heterocycles. The number of hydrogen-bond donors (Lipinski definition) is 2. The third-order valence-electron chi connectivity index (χ3n) is 6.75. The van der Waals surface area contributed by atoms with E-state index >= 15 is 0 Å². The number of hydrogen-bond acceptors (Lipinski definition) is 8. The minimum Gasteiger partial charge on any atom is -0.480 e.